The molecule has 150 valence electrons. The molecule has 1 rings (SSSR count). The minimum atomic E-state index is -3.25. The highest BCUT2D eigenvalue weighted by atomic mass is 32.2. The Morgan fingerprint density at radius 2 is 1.69 bits per heavy atom. The summed E-state index contributed by atoms with van der Waals surface area (Å²) >= 11 is 0. The number of likely N-dealkylation sites (N-methyl/N-ethyl adjacent to an activating group) is 1. The molecule has 0 aliphatic rings. The monoisotopic (exact) mass is 387 g/mol. The van der Waals surface area contributed by atoms with Crippen LogP contribution in [0.25, 0.3) is 0 Å². The fourth-order valence-corrected chi connectivity index (χ4v) is 3.79. The number of sulfone groups is 1. The first-order chi connectivity index (χ1) is 11.7. The molecule has 0 saturated heterocycles. The molecule has 0 fully saturated rings. The molecule has 0 atom stereocenters. The van der Waals surface area contributed by atoms with Crippen LogP contribution < -0.4 is 5.32 Å². The van der Waals surface area contributed by atoms with Crippen molar-refractivity contribution in [3.8, 4) is 0 Å². The van der Waals surface area contributed by atoms with Crippen molar-refractivity contribution in [2.45, 2.75) is 37.6 Å². The lowest BCUT2D eigenvalue weighted by molar-refractivity contribution is 0.181. The van der Waals surface area contributed by atoms with Crippen LogP contribution in [0.2, 0.25) is 0 Å². The first-order valence-electron chi connectivity index (χ1n) is 8.71. The number of nitrogens with one attached hydrogen (secondary N) is 1. The molecule has 7 nitrogen and oxygen atoms in total. The van der Waals surface area contributed by atoms with E-state index in [1.54, 1.807) is 35.2 Å². The predicted molar refractivity (Wildman–Crippen MR) is 105 cm³/mol. The molecule has 0 heterocycles. The van der Waals surface area contributed by atoms with E-state index in [-0.39, 0.29) is 23.3 Å². The van der Waals surface area contributed by atoms with Crippen molar-refractivity contribution in [1.82, 2.24) is 15.1 Å². The Balaban J connectivity index is 0.00000625. The van der Waals surface area contributed by atoms with Crippen LogP contribution in [-0.4, -0.2) is 75.2 Å². The van der Waals surface area contributed by atoms with E-state index in [0.717, 1.165) is 6.54 Å². The highest BCUT2D eigenvalue weighted by Gasteiger charge is 2.17. The number of rotatable bonds is 10. The average Bonchev–Trinajstić information content (AvgIpc) is 2.54. The quantitative estimate of drug-likeness (QED) is 0.613. The van der Waals surface area contributed by atoms with Crippen LogP contribution >= 0.6 is 0 Å². The zero-order chi connectivity index (χ0) is 18.9. The highest BCUT2D eigenvalue weighted by molar-refractivity contribution is 7.91. The van der Waals surface area contributed by atoms with E-state index in [1.807, 2.05) is 32.8 Å². The van der Waals surface area contributed by atoms with E-state index in [0.29, 0.717) is 30.8 Å². The molecule has 0 aliphatic heterocycles. The zero-order valence-corrected chi connectivity index (χ0v) is 17.1. The van der Waals surface area contributed by atoms with Gasteiger partial charge in [-0.1, -0.05) is 18.2 Å². The van der Waals surface area contributed by atoms with Crippen molar-refractivity contribution < 1.29 is 18.7 Å². The van der Waals surface area contributed by atoms with E-state index < -0.39 is 9.84 Å². The van der Waals surface area contributed by atoms with Gasteiger partial charge in [0, 0.05) is 25.7 Å². The number of amides is 2. The fraction of sp³-hybridized carbons (Fsp3) is 0.611. The third kappa shape index (κ3) is 8.64. The van der Waals surface area contributed by atoms with Gasteiger partial charge in [-0.3, -0.25) is 0 Å². The van der Waals surface area contributed by atoms with Crippen LogP contribution in [0.3, 0.4) is 0 Å². The van der Waals surface area contributed by atoms with Gasteiger partial charge in [-0.15, -0.1) is 0 Å². The molecule has 0 saturated carbocycles. The molecule has 2 amide bonds. The van der Waals surface area contributed by atoms with Crippen molar-refractivity contribution in [3.05, 3.63) is 30.3 Å². The zero-order valence-electron chi connectivity index (χ0n) is 16.2. The molecule has 1 aromatic rings. The summed E-state index contributed by atoms with van der Waals surface area (Å²) in [7, 11) is 0.669. The molecule has 0 spiro atoms. The SMILES string of the molecule is CC(C)N(CCCCS(=O)(=O)c1ccccc1)C(=O)NCCN(C)C.O. The Morgan fingerprint density at radius 1 is 1.08 bits per heavy atom. The summed E-state index contributed by atoms with van der Waals surface area (Å²) in [5.74, 6) is 0.102. The topological polar surface area (TPSA) is 101 Å². The van der Waals surface area contributed by atoms with Gasteiger partial charge in [0.05, 0.1) is 10.6 Å². The minimum Gasteiger partial charge on any atom is -0.412 e. The molecular formula is C18H33N3O4S. The molecule has 26 heavy (non-hydrogen) atoms. The van der Waals surface area contributed by atoms with Gasteiger partial charge in [-0.05, 0) is 52.9 Å². The van der Waals surface area contributed by atoms with Crippen molar-refractivity contribution in [2.75, 3.05) is 39.5 Å². The van der Waals surface area contributed by atoms with E-state index in [1.165, 1.54) is 0 Å². The molecule has 0 aromatic heterocycles. The summed E-state index contributed by atoms with van der Waals surface area (Å²) < 4.78 is 24.5. The Morgan fingerprint density at radius 3 is 2.23 bits per heavy atom. The first kappa shape index (κ1) is 24.4. The van der Waals surface area contributed by atoms with Gasteiger partial charge in [0.2, 0.25) is 0 Å². The number of carbonyl (C=O) groups is 1. The highest BCUT2D eigenvalue weighted by Crippen LogP contribution is 2.12. The number of carbonyl (C=O) groups excluding carboxylic acids is 1. The Hall–Kier alpha value is -1.64. The van der Waals surface area contributed by atoms with E-state index in [2.05, 4.69) is 5.32 Å². The molecule has 8 heteroatoms. The normalized spacial score (nSPS) is 11.3. The molecule has 3 N–H and O–H groups in total. The van der Waals surface area contributed by atoms with Crippen molar-refractivity contribution in [3.63, 3.8) is 0 Å². The van der Waals surface area contributed by atoms with Gasteiger partial charge in [-0.2, -0.15) is 0 Å². The van der Waals surface area contributed by atoms with Crippen LogP contribution in [0.1, 0.15) is 26.7 Å². The predicted octanol–water partition coefficient (Wildman–Crippen LogP) is 1.40. The van der Waals surface area contributed by atoms with Gasteiger partial charge in [0.25, 0.3) is 0 Å². The molecule has 0 radical (unpaired) electrons. The third-order valence-electron chi connectivity index (χ3n) is 3.88. The standard InChI is InChI=1S/C18H31N3O3S.H2O/c1-16(2)21(18(22)19-12-14-20(3)4)13-8-9-15-25(23,24)17-10-6-5-7-11-17;/h5-7,10-11,16H,8-9,12-15H2,1-4H3,(H,19,22);1H2. The number of unbranched alkanes of at least 4 members (excludes halogenated alkanes) is 1. The number of benzene rings is 1. The van der Waals surface area contributed by atoms with Gasteiger partial charge in [0.1, 0.15) is 0 Å². The Kier molecular flexibility index (Phi) is 11.1. The lowest BCUT2D eigenvalue weighted by Crippen LogP contribution is -2.46. The summed E-state index contributed by atoms with van der Waals surface area (Å²) in [6.07, 6.45) is 1.19. The molecule has 0 bridgehead atoms. The van der Waals surface area contributed by atoms with Crippen molar-refractivity contribution in [1.29, 1.82) is 0 Å². The van der Waals surface area contributed by atoms with Gasteiger partial charge >= 0.3 is 6.03 Å². The summed E-state index contributed by atoms with van der Waals surface area (Å²) in [6, 6.07) is 8.47. The molecule has 1 aromatic carbocycles. The van der Waals surface area contributed by atoms with Crippen LogP contribution in [0, 0.1) is 0 Å². The van der Waals surface area contributed by atoms with Gasteiger partial charge < -0.3 is 20.6 Å². The van der Waals surface area contributed by atoms with Crippen LogP contribution in [0.15, 0.2) is 35.2 Å². The van der Waals surface area contributed by atoms with E-state index >= 15 is 0 Å². The van der Waals surface area contributed by atoms with Gasteiger partial charge in [0.15, 0.2) is 9.84 Å². The third-order valence-corrected chi connectivity index (χ3v) is 5.70. The van der Waals surface area contributed by atoms with Crippen LogP contribution in [0.4, 0.5) is 4.79 Å². The van der Waals surface area contributed by atoms with E-state index in [9.17, 15) is 13.2 Å². The maximum atomic E-state index is 12.3. The lowest BCUT2D eigenvalue weighted by atomic mass is 10.2. The number of hydrogen-bond acceptors (Lipinski definition) is 4. The molecule has 0 unspecified atom stereocenters. The van der Waals surface area contributed by atoms with Crippen LogP contribution in [0.5, 0.6) is 0 Å². The second kappa shape index (κ2) is 11.9. The largest absolute Gasteiger partial charge is 0.412 e. The number of urea groups is 1. The molecular weight excluding hydrogens is 354 g/mol. The average molecular weight is 388 g/mol. The Bertz CT molecular complexity index is 619. The first-order valence-corrected chi connectivity index (χ1v) is 10.4. The van der Waals surface area contributed by atoms with Crippen molar-refractivity contribution >= 4 is 15.9 Å². The fourth-order valence-electron chi connectivity index (χ4n) is 2.40. The number of hydrogen-bond donors (Lipinski definition) is 1. The summed E-state index contributed by atoms with van der Waals surface area (Å²) in [5.41, 5.74) is 0. The Labute approximate surface area is 157 Å². The van der Waals surface area contributed by atoms with Gasteiger partial charge in [-0.25, -0.2) is 13.2 Å². The van der Waals surface area contributed by atoms with Crippen LogP contribution in [-0.2, 0) is 9.84 Å². The second-order valence-corrected chi connectivity index (χ2v) is 8.77. The smallest absolute Gasteiger partial charge is 0.317 e. The summed E-state index contributed by atoms with van der Waals surface area (Å²) in [6.45, 7) is 5.86. The summed E-state index contributed by atoms with van der Waals surface area (Å²) in [4.78, 5) is 16.4. The maximum absolute atomic E-state index is 12.3. The second-order valence-electron chi connectivity index (χ2n) is 6.66. The van der Waals surface area contributed by atoms with E-state index in [4.69, 9.17) is 0 Å². The van der Waals surface area contributed by atoms with Crippen molar-refractivity contribution in [2.24, 2.45) is 0 Å². The summed E-state index contributed by atoms with van der Waals surface area (Å²) in [5, 5.41) is 2.91. The minimum absolute atomic E-state index is 0. The maximum Gasteiger partial charge on any atom is 0.317 e. The lowest BCUT2D eigenvalue weighted by Gasteiger charge is -2.27. The number of nitrogens with zero attached hydrogens (tertiary/aromatic N) is 2. The molecule has 0 aliphatic carbocycles.